The molecule has 0 aliphatic carbocycles. The quantitative estimate of drug-likeness (QED) is 0.638. The van der Waals surface area contributed by atoms with Crippen molar-refractivity contribution in [1.29, 1.82) is 0 Å². The maximum Gasteiger partial charge on any atom is 0.343 e. The van der Waals surface area contributed by atoms with Crippen LogP contribution in [0.3, 0.4) is 0 Å². The van der Waals surface area contributed by atoms with Crippen molar-refractivity contribution in [3.05, 3.63) is 16.3 Å². The Morgan fingerprint density at radius 3 is 3.00 bits per heavy atom. The third-order valence-corrected chi connectivity index (χ3v) is 1.65. The van der Waals surface area contributed by atoms with Crippen molar-refractivity contribution in [2.75, 3.05) is 6.54 Å². The Labute approximate surface area is 70.6 Å². The molecular formula is C7H14N4O. The highest BCUT2D eigenvalue weighted by Gasteiger charge is 2.04. The molecule has 3 N–H and O–H groups in total. The fraction of sp³-hybridized carbons (Fsp3) is 0.714. The molecule has 1 rings (SSSR count). The molecule has 0 fully saturated rings. The van der Waals surface area contributed by atoms with Gasteiger partial charge < -0.3 is 5.73 Å². The number of nitrogens with two attached hydrogens (primary N) is 1. The van der Waals surface area contributed by atoms with Crippen molar-refractivity contribution in [1.82, 2.24) is 14.8 Å². The van der Waals surface area contributed by atoms with Gasteiger partial charge in [-0.1, -0.05) is 6.92 Å². The summed E-state index contributed by atoms with van der Waals surface area (Å²) in [6.45, 7) is 3.25. The van der Waals surface area contributed by atoms with Gasteiger partial charge in [0.2, 0.25) is 0 Å². The molecule has 0 aromatic carbocycles. The maximum atomic E-state index is 11.1. The van der Waals surface area contributed by atoms with Crippen molar-refractivity contribution >= 4 is 0 Å². The highest BCUT2D eigenvalue weighted by molar-refractivity contribution is 4.86. The molecule has 0 bridgehead atoms. The van der Waals surface area contributed by atoms with E-state index in [0.29, 0.717) is 19.5 Å². The summed E-state index contributed by atoms with van der Waals surface area (Å²) < 4.78 is 1.63. The van der Waals surface area contributed by atoms with E-state index in [0.717, 1.165) is 12.2 Å². The van der Waals surface area contributed by atoms with E-state index in [2.05, 4.69) is 10.2 Å². The zero-order valence-electron chi connectivity index (χ0n) is 7.21. The maximum absolute atomic E-state index is 11.1. The summed E-state index contributed by atoms with van der Waals surface area (Å²) in [5.41, 5.74) is 5.23. The number of aromatic nitrogens is 3. The second-order valence-corrected chi connectivity index (χ2v) is 2.64. The highest BCUT2D eigenvalue weighted by Crippen LogP contribution is 1.92. The number of hydrogen-bond donors (Lipinski definition) is 2. The van der Waals surface area contributed by atoms with E-state index in [4.69, 9.17) is 5.73 Å². The van der Waals surface area contributed by atoms with E-state index in [-0.39, 0.29) is 5.69 Å². The average molecular weight is 170 g/mol. The number of hydrogen-bond acceptors (Lipinski definition) is 3. The normalized spacial score (nSPS) is 10.5. The van der Waals surface area contributed by atoms with Crippen LogP contribution < -0.4 is 11.4 Å². The summed E-state index contributed by atoms with van der Waals surface area (Å²) in [5, 5.41) is 6.28. The average Bonchev–Trinajstić information content (AvgIpc) is 2.37. The smallest absolute Gasteiger partial charge is 0.330 e. The molecule has 0 amide bonds. The number of nitrogens with one attached hydrogen (secondary N) is 1. The van der Waals surface area contributed by atoms with Gasteiger partial charge in [-0.25, -0.2) is 9.89 Å². The molecular weight excluding hydrogens is 156 g/mol. The molecule has 0 saturated carbocycles. The van der Waals surface area contributed by atoms with Crippen LogP contribution in [0, 0.1) is 0 Å². The number of H-pyrrole nitrogens is 1. The molecule has 0 saturated heterocycles. The molecule has 5 nitrogen and oxygen atoms in total. The van der Waals surface area contributed by atoms with E-state index < -0.39 is 0 Å². The lowest BCUT2D eigenvalue weighted by Crippen LogP contribution is -2.20. The molecule has 0 radical (unpaired) electrons. The van der Waals surface area contributed by atoms with Gasteiger partial charge in [0.1, 0.15) is 5.82 Å². The van der Waals surface area contributed by atoms with E-state index in [1.807, 2.05) is 6.92 Å². The topological polar surface area (TPSA) is 76.7 Å². The second-order valence-electron chi connectivity index (χ2n) is 2.64. The van der Waals surface area contributed by atoms with Crippen molar-refractivity contribution in [3.8, 4) is 0 Å². The van der Waals surface area contributed by atoms with Crippen LogP contribution in [0.2, 0.25) is 0 Å². The molecule has 1 aromatic rings. The summed E-state index contributed by atoms with van der Waals surface area (Å²) in [6, 6.07) is 0. The van der Waals surface area contributed by atoms with Gasteiger partial charge in [0.25, 0.3) is 0 Å². The standard InChI is InChI=1S/C7H14N4O/c1-2-5-11-6(3-4-8)9-10-7(11)12/h2-5,8H2,1H3,(H,10,12). The van der Waals surface area contributed by atoms with Gasteiger partial charge in [0.15, 0.2) is 0 Å². The minimum atomic E-state index is -0.139. The van der Waals surface area contributed by atoms with E-state index in [9.17, 15) is 4.79 Å². The fourth-order valence-corrected chi connectivity index (χ4v) is 1.12. The third-order valence-electron chi connectivity index (χ3n) is 1.65. The number of rotatable bonds is 4. The van der Waals surface area contributed by atoms with Crippen LogP contribution in [0.5, 0.6) is 0 Å². The predicted molar refractivity (Wildman–Crippen MR) is 45.9 cm³/mol. The Morgan fingerprint density at radius 2 is 2.42 bits per heavy atom. The lowest BCUT2D eigenvalue weighted by molar-refractivity contribution is 0.619. The predicted octanol–water partition coefficient (Wildman–Crippen LogP) is -0.517. The van der Waals surface area contributed by atoms with Crippen LogP contribution >= 0.6 is 0 Å². The Kier molecular flexibility index (Phi) is 3.04. The molecule has 0 aliphatic rings. The Hall–Kier alpha value is -1.10. The van der Waals surface area contributed by atoms with Gasteiger partial charge in [-0.15, -0.1) is 0 Å². The van der Waals surface area contributed by atoms with Gasteiger partial charge >= 0.3 is 5.69 Å². The molecule has 12 heavy (non-hydrogen) atoms. The Morgan fingerprint density at radius 1 is 1.67 bits per heavy atom. The molecule has 0 aliphatic heterocycles. The van der Waals surface area contributed by atoms with Crippen molar-refractivity contribution < 1.29 is 0 Å². The lowest BCUT2D eigenvalue weighted by atomic mass is 10.4. The first kappa shape index (κ1) is 8.99. The van der Waals surface area contributed by atoms with Crippen LogP contribution in [0.15, 0.2) is 4.79 Å². The number of aromatic amines is 1. The SMILES string of the molecule is CCCn1c(CCN)n[nH]c1=O. The van der Waals surface area contributed by atoms with Gasteiger partial charge in [0, 0.05) is 13.0 Å². The molecule has 1 aromatic heterocycles. The monoisotopic (exact) mass is 170 g/mol. The molecule has 1 heterocycles. The minimum Gasteiger partial charge on any atom is -0.330 e. The van der Waals surface area contributed by atoms with Crippen molar-refractivity contribution in [2.24, 2.45) is 5.73 Å². The first-order valence-electron chi connectivity index (χ1n) is 4.13. The van der Waals surface area contributed by atoms with Gasteiger partial charge in [-0.05, 0) is 13.0 Å². The van der Waals surface area contributed by atoms with Crippen LogP contribution in [0.1, 0.15) is 19.2 Å². The molecule has 0 spiro atoms. The van der Waals surface area contributed by atoms with Crippen LogP contribution in [0.4, 0.5) is 0 Å². The fourth-order valence-electron chi connectivity index (χ4n) is 1.12. The van der Waals surface area contributed by atoms with Crippen LogP contribution in [0.25, 0.3) is 0 Å². The molecule has 0 atom stereocenters. The largest absolute Gasteiger partial charge is 0.343 e. The minimum absolute atomic E-state index is 0.139. The summed E-state index contributed by atoms with van der Waals surface area (Å²) in [7, 11) is 0. The van der Waals surface area contributed by atoms with Crippen LogP contribution in [-0.4, -0.2) is 21.3 Å². The van der Waals surface area contributed by atoms with E-state index >= 15 is 0 Å². The zero-order valence-corrected chi connectivity index (χ0v) is 7.21. The first-order chi connectivity index (χ1) is 5.79. The van der Waals surface area contributed by atoms with Gasteiger partial charge in [-0.2, -0.15) is 5.10 Å². The Balaban J connectivity index is 2.87. The van der Waals surface area contributed by atoms with Crippen molar-refractivity contribution in [3.63, 3.8) is 0 Å². The molecule has 68 valence electrons. The van der Waals surface area contributed by atoms with Crippen molar-refractivity contribution in [2.45, 2.75) is 26.3 Å². The third kappa shape index (κ3) is 1.73. The Bertz CT molecular complexity index is 288. The lowest BCUT2D eigenvalue weighted by Gasteiger charge is -2.00. The van der Waals surface area contributed by atoms with Gasteiger partial charge in [0.05, 0.1) is 0 Å². The highest BCUT2D eigenvalue weighted by atomic mass is 16.1. The molecule has 0 unspecified atom stereocenters. The first-order valence-corrected chi connectivity index (χ1v) is 4.13. The summed E-state index contributed by atoms with van der Waals surface area (Å²) in [6.07, 6.45) is 1.58. The summed E-state index contributed by atoms with van der Waals surface area (Å²) >= 11 is 0. The number of nitrogens with zero attached hydrogens (tertiary/aromatic N) is 2. The summed E-state index contributed by atoms with van der Waals surface area (Å²) in [4.78, 5) is 11.1. The van der Waals surface area contributed by atoms with E-state index in [1.165, 1.54) is 0 Å². The summed E-state index contributed by atoms with van der Waals surface area (Å²) in [5.74, 6) is 0.754. The zero-order chi connectivity index (χ0) is 8.97. The second kappa shape index (κ2) is 4.06. The van der Waals surface area contributed by atoms with E-state index in [1.54, 1.807) is 4.57 Å². The van der Waals surface area contributed by atoms with Crippen LogP contribution in [-0.2, 0) is 13.0 Å². The molecule has 5 heteroatoms. The van der Waals surface area contributed by atoms with Gasteiger partial charge in [-0.3, -0.25) is 4.57 Å².